The largest absolute Gasteiger partial charge is 0.480 e. The quantitative estimate of drug-likeness (QED) is 0.646. The van der Waals surface area contributed by atoms with Gasteiger partial charge in [0.2, 0.25) is 10.0 Å². The molecule has 21 heavy (non-hydrogen) atoms. The molecule has 0 saturated heterocycles. The maximum absolute atomic E-state index is 12.4. The summed E-state index contributed by atoms with van der Waals surface area (Å²) >= 11 is 5.78. The first-order valence-electron chi connectivity index (χ1n) is 5.58. The van der Waals surface area contributed by atoms with E-state index in [-0.39, 0.29) is 5.02 Å². The van der Waals surface area contributed by atoms with Gasteiger partial charge in [0.05, 0.1) is 9.95 Å². The van der Waals surface area contributed by atoms with Crippen LogP contribution < -0.4 is 0 Å². The fourth-order valence-corrected chi connectivity index (χ4v) is 3.35. The van der Waals surface area contributed by atoms with E-state index < -0.39 is 37.0 Å². The molecule has 1 rings (SSSR count). The fourth-order valence-electron chi connectivity index (χ4n) is 1.39. The summed E-state index contributed by atoms with van der Waals surface area (Å²) in [7, 11) is -3.24. The van der Waals surface area contributed by atoms with Crippen LogP contribution in [-0.2, 0) is 14.8 Å². The SMILES string of the molecule is CN(C(C)(C)C(=O)O)S(=O)(=O)c1cc([N+](=O)[O-])ccc1Cl. The lowest BCUT2D eigenvalue weighted by Crippen LogP contribution is -2.50. The fraction of sp³-hybridized carbons (Fsp3) is 0.364. The van der Waals surface area contributed by atoms with Crippen LogP contribution in [0.5, 0.6) is 0 Å². The number of hydrogen-bond donors (Lipinski definition) is 1. The lowest BCUT2D eigenvalue weighted by Gasteiger charge is -2.30. The first-order valence-corrected chi connectivity index (χ1v) is 7.40. The summed E-state index contributed by atoms with van der Waals surface area (Å²) in [5.41, 5.74) is -2.20. The van der Waals surface area contributed by atoms with Gasteiger partial charge in [0, 0.05) is 19.2 Å². The Morgan fingerprint density at radius 1 is 1.43 bits per heavy atom. The number of carbonyl (C=O) groups is 1. The number of halogens is 1. The lowest BCUT2D eigenvalue weighted by atomic mass is 10.1. The van der Waals surface area contributed by atoms with Crippen LogP contribution in [0.25, 0.3) is 0 Å². The van der Waals surface area contributed by atoms with E-state index in [1.165, 1.54) is 13.8 Å². The number of nitro groups is 1. The summed E-state index contributed by atoms with van der Waals surface area (Å²) in [6.45, 7) is 2.39. The highest BCUT2D eigenvalue weighted by atomic mass is 35.5. The van der Waals surface area contributed by atoms with Crippen molar-refractivity contribution in [2.24, 2.45) is 0 Å². The lowest BCUT2D eigenvalue weighted by molar-refractivity contribution is -0.385. The Balaban J connectivity index is 3.48. The van der Waals surface area contributed by atoms with Crippen LogP contribution in [0.15, 0.2) is 23.1 Å². The number of benzene rings is 1. The number of carboxylic acid groups (broad SMARTS) is 1. The first-order chi connectivity index (χ1) is 9.42. The van der Waals surface area contributed by atoms with Crippen LogP contribution in [0.2, 0.25) is 5.02 Å². The third-order valence-electron chi connectivity index (χ3n) is 3.07. The highest BCUT2D eigenvalue weighted by Gasteiger charge is 2.41. The molecule has 0 aliphatic carbocycles. The van der Waals surface area contributed by atoms with E-state index >= 15 is 0 Å². The number of sulfonamides is 1. The van der Waals surface area contributed by atoms with Crippen LogP contribution >= 0.6 is 11.6 Å². The Bertz CT molecular complexity index is 701. The number of likely N-dealkylation sites (N-methyl/N-ethyl adjacent to an activating group) is 1. The second-order valence-corrected chi connectivity index (χ2v) is 7.05. The molecular formula is C11H13ClN2O6S. The van der Waals surface area contributed by atoms with E-state index in [0.717, 1.165) is 25.2 Å². The molecule has 0 atom stereocenters. The van der Waals surface area contributed by atoms with Gasteiger partial charge in [0.15, 0.2) is 0 Å². The first kappa shape index (κ1) is 17.3. The molecule has 1 aromatic carbocycles. The average Bonchev–Trinajstić information content (AvgIpc) is 2.37. The van der Waals surface area contributed by atoms with Crippen molar-refractivity contribution in [3.63, 3.8) is 0 Å². The van der Waals surface area contributed by atoms with Gasteiger partial charge in [-0.3, -0.25) is 14.9 Å². The van der Waals surface area contributed by atoms with Crippen LogP contribution in [0, 0.1) is 10.1 Å². The van der Waals surface area contributed by atoms with Crippen molar-refractivity contribution in [3.8, 4) is 0 Å². The van der Waals surface area contributed by atoms with Crippen LogP contribution in [-0.4, -0.2) is 41.3 Å². The molecule has 0 radical (unpaired) electrons. The molecule has 0 spiro atoms. The highest BCUT2D eigenvalue weighted by molar-refractivity contribution is 7.89. The summed E-state index contributed by atoms with van der Waals surface area (Å²) in [5.74, 6) is -1.37. The zero-order valence-electron chi connectivity index (χ0n) is 11.4. The molecule has 0 aromatic heterocycles. The molecule has 0 unspecified atom stereocenters. The molecule has 0 aliphatic heterocycles. The van der Waals surface area contributed by atoms with E-state index in [1.54, 1.807) is 0 Å². The molecule has 116 valence electrons. The van der Waals surface area contributed by atoms with Crippen LogP contribution in [0.1, 0.15) is 13.8 Å². The molecule has 0 aliphatic rings. The predicted molar refractivity (Wildman–Crippen MR) is 74.8 cm³/mol. The Hall–Kier alpha value is -1.71. The van der Waals surface area contributed by atoms with Crippen molar-refractivity contribution in [2.45, 2.75) is 24.3 Å². The number of carboxylic acids is 1. The minimum atomic E-state index is -4.31. The van der Waals surface area contributed by atoms with Gasteiger partial charge in [0.25, 0.3) is 5.69 Å². The van der Waals surface area contributed by atoms with Gasteiger partial charge in [0.1, 0.15) is 10.4 Å². The number of nitro benzene ring substituents is 1. The monoisotopic (exact) mass is 336 g/mol. The minimum Gasteiger partial charge on any atom is -0.480 e. The van der Waals surface area contributed by atoms with E-state index in [4.69, 9.17) is 16.7 Å². The molecule has 8 nitrogen and oxygen atoms in total. The highest BCUT2D eigenvalue weighted by Crippen LogP contribution is 2.31. The van der Waals surface area contributed by atoms with Crippen molar-refractivity contribution >= 4 is 33.3 Å². The molecule has 0 heterocycles. The summed E-state index contributed by atoms with van der Waals surface area (Å²) < 4.78 is 25.5. The molecule has 1 aromatic rings. The Morgan fingerprint density at radius 3 is 2.38 bits per heavy atom. The molecule has 0 saturated carbocycles. The third-order valence-corrected chi connectivity index (χ3v) is 5.59. The molecule has 0 fully saturated rings. The zero-order valence-corrected chi connectivity index (χ0v) is 13.0. The maximum atomic E-state index is 12.4. The topological polar surface area (TPSA) is 118 Å². The van der Waals surface area contributed by atoms with Crippen molar-refractivity contribution in [1.29, 1.82) is 0 Å². The van der Waals surface area contributed by atoms with Crippen molar-refractivity contribution in [1.82, 2.24) is 4.31 Å². The van der Waals surface area contributed by atoms with Gasteiger partial charge in [-0.15, -0.1) is 0 Å². The van der Waals surface area contributed by atoms with Crippen molar-refractivity contribution in [2.75, 3.05) is 7.05 Å². The normalized spacial score (nSPS) is 12.4. The maximum Gasteiger partial charge on any atom is 0.324 e. The van der Waals surface area contributed by atoms with Gasteiger partial charge >= 0.3 is 5.97 Å². The summed E-state index contributed by atoms with van der Waals surface area (Å²) in [6.07, 6.45) is 0. The average molecular weight is 337 g/mol. The molecule has 1 N–H and O–H groups in total. The Morgan fingerprint density at radius 2 is 1.95 bits per heavy atom. The van der Waals surface area contributed by atoms with Gasteiger partial charge in [-0.1, -0.05) is 11.6 Å². The van der Waals surface area contributed by atoms with E-state index in [9.17, 15) is 23.3 Å². The zero-order chi connectivity index (χ0) is 16.6. The van der Waals surface area contributed by atoms with Crippen molar-refractivity contribution in [3.05, 3.63) is 33.3 Å². The molecule has 0 amide bonds. The van der Waals surface area contributed by atoms with E-state index in [2.05, 4.69) is 0 Å². The van der Waals surface area contributed by atoms with Gasteiger partial charge in [-0.25, -0.2) is 8.42 Å². The van der Waals surface area contributed by atoms with Gasteiger partial charge in [-0.2, -0.15) is 4.31 Å². The second kappa shape index (κ2) is 5.58. The van der Waals surface area contributed by atoms with Crippen LogP contribution in [0.4, 0.5) is 5.69 Å². The minimum absolute atomic E-state index is 0.228. The summed E-state index contributed by atoms with van der Waals surface area (Å²) in [4.78, 5) is 20.6. The summed E-state index contributed by atoms with van der Waals surface area (Å²) in [5, 5.41) is 19.6. The molecule has 10 heteroatoms. The Labute approximate surface area is 126 Å². The molecule has 0 bridgehead atoms. The standard InChI is InChI=1S/C11H13ClN2O6S/c1-11(2,10(15)16)13(3)21(19,20)9-6-7(14(17)18)4-5-8(9)12/h4-6H,1-3H3,(H,15,16). The van der Waals surface area contributed by atoms with Gasteiger partial charge in [-0.05, 0) is 19.9 Å². The van der Waals surface area contributed by atoms with Gasteiger partial charge < -0.3 is 5.11 Å². The molecular weight excluding hydrogens is 324 g/mol. The third kappa shape index (κ3) is 3.14. The summed E-state index contributed by atoms with van der Waals surface area (Å²) in [6, 6.07) is 2.93. The van der Waals surface area contributed by atoms with E-state index in [0.29, 0.717) is 4.31 Å². The van der Waals surface area contributed by atoms with E-state index in [1.807, 2.05) is 0 Å². The number of hydrogen-bond acceptors (Lipinski definition) is 5. The number of non-ortho nitro benzene ring substituents is 1. The smallest absolute Gasteiger partial charge is 0.324 e. The van der Waals surface area contributed by atoms with Crippen LogP contribution in [0.3, 0.4) is 0 Å². The number of rotatable bonds is 5. The predicted octanol–water partition coefficient (Wildman–Crippen LogP) is 1.73. The number of nitrogens with zero attached hydrogens (tertiary/aromatic N) is 2. The second-order valence-electron chi connectivity index (χ2n) is 4.71. The Kier molecular flexibility index (Phi) is 4.61. The van der Waals surface area contributed by atoms with Crippen molar-refractivity contribution < 1.29 is 23.2 Å². The number of aliphatic carboxylic acids is 1.